The molecule has 0 spiro atoms. The number of carboxylic acids is 1. The summed E-state index contributed by atoms with van der Waals surface area (Å²) in [7, 11) is 1.79. The van der Waals surface area contributed by atoms with Crippen LogP contribution in [0.2, 0.25) is 0 Å². The van der Waals surface area contributed by atoms with Gasteiger partial charge in [-0.1, -0.05) is 13.0 Å². The summed E-state index contributed by atoms with van der Waals surface area (Å²) in [4.78, 5) is 23.7. The Morgan fingerprint density at radius 2 is 2.35 bits per heavy atom. The standard InChI is InChI=1S/C12H20N2O3/c1-3-9(12(16)17)6-7-13-10-4-5-11(15)14(2)8-10/h6,10,13H,3-5,7-8H2,1-2H3,(H,16,17). The second-order valence-corrected chi connectivity index (χ2v) is 4.31. The molecule has 0 bridgehead atoms. The number of aliphatic carboxylic acids is 1. The van der Waals surface area contributed by atoms with Gasteiger partial charge < -0.3 is 15.3 Å². The number of carboxylic acid groups (broad SMARTS) is 1. The van der Waals surface area contributed by atoms with Gasteiger partial charge in [-0.25, -0.2) is 4.79 Å². The molecule has 2 N–H and O–H groups in total. The van der Waals surface area contributed by atoms with Crippen LogP contribution in [-0.4, -0.2) is 48.1 Å². The number of carbonyl (C=O) groups is 2. The summed E-state index contributed by atoms with van der Waals surface area (Å²) in [5.41, 5.74) is 0.428. The van der Waals surface area contributed by atoms with E-state index in [1.54, 1.807) is 18.0 Å². The van der Waals surface area contributed by atoms with E-state index in [1.807, 2.05) is 6.92 Å². The lowest BCUT2D eigenvalue weighted by molar-refractivity contribution is -0.133. The molecule has 0 radical (unpaired) electrons. The van der Waals surface area contributed by atoms with E-state index in [2.05, 4.69) is 5.32 Å². The molecule has 1 atom stereocenters. The van der Waals surface area contributed by atoms with Gasteiger partial charge in [0, 0.05) is 38.2 Å². The van der Waals surface area contributed by atoms with E-state index >= 15 is 0 Å². The highest BCUT2D eigenvalue weighted by atomic mass is 16.4. The van der Waals surface area contributed by atoms with Crippen LogP contribution >= 0.6 is 0 Å². The molecule has 17 heavy (non-hydrogen) atoms. The van der Waals surface area contributed by atoms with Crippen molar-refractivity contribution in [3.8, 4) is 0 Å². The average Bonchev–Trinajstić information content (AvgIpc) is 2.28. The smallest absolute Gasteiger partial charge is 0.331 e. The molecule has 0 aliphatic carbocycles. The van der Waals surface area contributed by atoms with Gasteiger partial charge in [0.1, 0.15) is 0 Å². The van der Waals surface area contributed by atoms with Crippen LogP contribution in [0.1, 0.15) is 26.2 Å². The van der Waals surface area contributed by atoms with Gasteiger partial charge in [-0.2, -0.15) is 0 Å². The maximum Gasteiger partial charge on any atom is 0.331 e. The fourth-order valence-corrected chi connectivity index (χ4v) is 1.91. The highest BCUT2D eigenvalue weighted by Gasteiger charge is 2.21. The normalized spacial score (nSPS) is 21.8. The summed E-state index contributed by atoms with van der Waals surface area (Å²) in [5.74, 6) is -0.677. The summed E-state index contributed by atoms with van der Waals surface area (Å²) in [6.07, 6.45) is 3.63. The third kappa shape index (κ3) is 4.19. The van der Waals surface area contributed by atoms with Crippen LogP contribution in [0.3, 0.4) is 0 Å². The molecular weight excluding hydrogens is 220 g/mol. The number of nitrogens with zero attached hydrogens (tertiary/aromatic N) is 1. The predicted molar refractivity (Wildman–Crippen MR) is 64.7 cm³/mol. The van der Waals surface area contributed by atoms with Gasteiger partial charge in [-0.05, 0) is 12.8 Å². The van der Waals surface area contributed by atoms with E-state index in [1.165, 1.54) is 0 Å². The highest BCUT2D eigenvalue weighted by Crippen LogP contribution is 2.09. The second kappa shape index (κ2) is 6.39. The van der Waals surface area contributed by atoms with Gasteiger partial charge in [0.05, 0.1) is 0 Å². The van der Waals surface area contributed by atoms with Crippen molar-refractivity contribution >= 4 is 11.9 Å². The van der Waals surface area contributed by atoms with Crippen LogP contribution in [-0.2, 0) is 9.59 Å². The van der Waals surface area contributed by atoms with Crippen molar-refractivity contribution in [3.63, 3.8) is 0 Å². The summed E-state index contributed by atoms with van der Waals surface area (Å²) in [6, 6.07) is 0.265. The minimum atomic E-state index is -0.856. The summed E-state index contributed by atoms with van der Waals surface area (Å²) < 4.78 is 0. The quantitative estimate of drug-likeness (QED) is 0.691. The first kappa shape index (κ1) is 13.7. The van der Waals surface area contributed by atoms with Crippen LogP contribution in [0, 0.1) is 0 Å². The maximum absolute atomic E-state index is 11.3. The van der Waals surface area contributed by atoms with E-state index in [9.17, 15) is 9.59 Å². The largest absolute Gasteiger partial charge is 0.478 e. The van der Waals surface area contributed by atoms with Gasteiger partial charge in [-0.15, -0.1) is 0 Å². The van der Waals surface area contributed by atoms with Crippen molar-refractivity contribution in [1.82, 2.24) is 10.2 Å². The van der Waals surface area contributed by atoms with Crippen molar-refractivity contribution < 1.29 is 14.7 Å². The Morgan fingerprint density at radius 3 is 2.88 bits per heavy atom. The Morgan fingerprint density at radius 1 is 1.65 bits per heavy atom. The molecule has 1 unspecified atom stereocenters. The molecule has 1 saturated heterocycles. The topological polar surface area (TPSA) is 69.6 Å². The van der Waals surface area contributed by atoms with E-state index in [0.717, 1.165) is 6.42 Å². The lowest BCUT2D eigenvalue weighted by Gasteiger charge is -2.30. The zero-order valence-corrected chi connectivity index (χ0v) is 10.4. The number of piperidine rings is 1. The van der Waals surface area contributed by atoms with Crippen LogP contribution in [0.15, 0.2) is 11.6 Å². The average molecular weight is 240 g/mol. The number of hydrogen-bond acceptors (Lipinski definition) is 3. The fraction of sp³-hybridized carbons (Fsp3) is 0.667. The van der Waals surface area contributed by atoms with Crippen LogP contribution in [0.4, 0.5) is 0 Å². The number of nitrogens with one attached hydrogen (secondary N) is 1. The minimum Gasteiger partial charge on any atom is -0.478 e. The minimum absolute atomic E-state index is 0.179. The Labute approximate surface area is 101 Å². The zero-order valence-electron chi connectivity index (χ0n) is 10.4. The first-order valence-corrected chi connectivity index (χ1v) is 5.94. The highest BCUT2D eigenvalue weighted by molar-refractivity contribution is 5.86. The van der Waals surface area contributed by atoms with Crippen LogP contribution < -0.4 is 5.32 Å². The molecule has 0 aromatic carbocycles. The first-order valence-electron chi connectivity index (χ1n) is 5.94. The monoisotopic (exact) mass is 240 g/mol. The molecule has 1 fully saturated rings. The number of hydrogen-bond donors (Lipinski definition) is 2. The fourth-order valence-electron chi connectivity index (χ4n) is 1.91. The van der Waals surface area contributed by atoms with Crippen molar-refractivity contribution in [2.75, 3.05) is 20.1 Å². The van der Waals surface area contributed by atoms with Crippen molar-refractivity contribution in [3.05, 3.63) is 11.6 Å². The molecule has 96 valence electrons. The predicted octanol–water partition coefficient (Wildman–Crippen LogP) is 0.618. The van der Waals surface area contributed by atoms with E-state index in [4.69, 9.17) is 5.11 Å². The number of likely N-dealkylation sites (N-methyl/N-ethyl adjacent to an activating group) is 1. The molecule has 5 nitrogen and oxygen atoms in total. The Kier molecular flexibility index (Phi) is 5.15. The number of rotatable bonds is 5. The first-order chi connectivity index (χ1) is 8.04. The molecule has 1 rings (SSSR count). The lowest BCUT2D eigenvalue weighted by Crippen LogP contribution is -2.46. The van der Waals surface area contributed by atoms with Crippen LogP contribution in [0.5, 0.6) is 0 Å². The van der Waals surface area contributed by atoms with Gasteiger partial charge in [-0.3, -0.25) is 4.79 Å². The van der Waals surface area contributed by atoms with Crippen LogP contribution in [0.25, 0.3) is 0 Å². The van der Waals surface area contributed by atoms with E-state index in [-0.39, 0.29) is 11.9 Å². The molecule has 0 aromatic heterocycles. The molecule has 1 aliphatic heterocycles. The molecule has 1 aliphatic rings. The molecular formula is C12H20N2O3. The summed E-state index contributed by atoms with van der Waals surface area (Å²) in [6.45, 7) is 3.07. The van der Waals surface area contributed by atoms with E-state index in [0.29, 0.717) is 31.5 Å². The van der Waals surface area contributed by atoms with Crippen molar-refractivity contribution in [2.24, 2.45) is 0 Å². The second-order valence-electron chi connectivity index (χ2n) is 4.31. The summed E-state index contributed by atoms with van der Waals surface area (Å²) in [5, 5.41) is 12.1. The molecule has 1 heterocycles. The van der Waals surface area contributed by atoms with Crippen molar-refractivity contribution in [1.29, 1.82) is 0 Å². The molecule has 1 amide bonds. The summed E-state index contributed by atoms with van der Waals surface area (Å²) >= 11 is 0. The maximum atomic E-state index is 11.3. The molecule has 0 aromatic rings. The van der Waals surface area contributed by atoms with Crippen molar-refractivity contribution in [2.45, 2.75) is 32.2 Å². The zero-order chi connectivity index (χ0) is 12.8. The number of likely N-dealkylation sites (tertiary alicyclic amines) is 1. The third-order valence-corrected chi connectivity index (χ3v) is 3.04. The molecule has 0 saturated carbocycles. The Hall–Kier alpha value is -1.36. The van der Waals surface area contributed by atoms with Gasteiger partial charge in [0.25, 0.3) is 0 Å². The molecule has 5 heteroatoms. The van der Waals surface area contributed by atoms with E-state index < -0.39 is 5.97 Å². The van der Waals surface area contributed by atoms with Gasteiger partial charge in [0.2, 0.25) is 5.91 Å². The Bertz CT molecular complexity index is 326. The third-order valence-electron chi connectivity index (χ3n) is 3.04. The van der Waals surface area contributed by atoms with Gasteiger partial charge >= 0.3 is 5.97 Å². The Balaban J connectivity index is 2.36. The lowest BCUT2D eigenvalue weighted by atomic mass is 10.1. The number of amides is 1. The number of carbonyl (C=O) groups excluding carboxylic acids is 1. The SMILES string of the molecule is CCC(=CCNC1CCC(=O)N(C)C1)C(=O)O. The van der Waals surface area contributed by atoms with Gasteiger partial charge in [0.15, 0.2) is 0 Å².